The van der Waals surface area contributed by atoms with Gasteiger partial charge in [0.25, 0.3) is 0 Å². The van der Waals surface area contributed by atoms with E-state index in [9.17, 15) is 0 Å². The number of hydrogen-bond donors (Lipinski definition) is 1. The Bertz CT molecular complexity index is 586. The second kappa shape index (κ2) is 6.10. The number of nitrogens with two attached hydrogens (primary N) is 1. The third-order valence-corrected chi connectivity index (χ3v) is 3.99. The lowest BCUT2D eigenvalue weighted by Gasteiger charge is -2.40. The van der Waals surface area contributed by atoms with Crippen LogP contribution in [0.5, 0.6) is 0 Å². The minimum Gasteiger partial charge on any atom is -0.384 e. The standard InChI is InChI=1S/C16H21N5/c1-13-10-21(16-9-15(17)18-12-19-16)8-7-20(13)11-14-5-3-2-4-6-14/h2-6,9,12-13H,7-8,10-11H2,1H3,(H2,17,18,19). The first-order valence-electron chi connectivity index (χ1n) is 7.33. The van der Waals surface area contributed by atoms with Crippen molar-refractivity contribution in [1.82, 2.24) is 14.9 Å². The zero-order chi connectivity index (χ0) is 14.7. The van der Waals surface area contributed by atoms with Gasteiger partial charge in [-0.2, -0.15) is 0 Å². The lowest BCUT2D eigenvalue weighted by Crippen LogP contribution is -2.51. The van der Waals surface area contributed by atoms with Crippen LogP contribution in [0.4, 0.5) is 11.6 Å². The van der Waals surface area contributed by atoms with Crippen LogP contribution in [0.1, 0.15) is 12.5 Å². The van der Waals surface area contributed by atoms with Crippen molar-refractivity contribution in [3.8, 4) is 0 Å². The zero-order valence-corrected chi connectivity index (χ0v) is 12.3. The summed E-state index contributed by atoms with van der Waals surface area (Å²) in [4.78, 5) is 13.1. The lowest BCUT2D eigenvalue weighted by atomic mass is 10.1. The van der Waals surface area contributed by atoms with Crippen LogP contribution in [0.2, 0.25) is 0 Å². The van der Waals surface area contributed by atoms with Gasteiger partial charge < -0.3 is 10.6 Å². The van der Waals surface area contributed by atoms with Crippen molar-refractivity contribution in [3.05, 3.63) is 48.3 Å². The molecule has 1 unspecified atom stereocenters. The predicted molar refractivity (Wildman–Crippen MR) is 85.0 cm³/mol. The fraction of sp³-hybridized carbons (Fsp3) is 0.375. The number of aromatic nitrogens is 2. The van der Waals surface area contributed by atoms with Crippen LogP contribution in [0.25, 0.3) is 0 Å². The van der Waals surface area contributed by atoms with Crippen molar-refractivity contribution >= 4 is 11.6 Å². The van der Waals surface area contributed by atoms with Crippen LogP contribution in [0, 0.1) is 0 Å². The van der Waals surface area contributed by atoms with E-state index >= 15 is 0 Å². The highest BCUT2D eigenvalue weighted by atomic mass is 15.3. The minimum atomic E-state index is 0.482. The molecule has 0 amide bonds. The summed E-state index contributed by atoms with van der Waals surface area (Å²) >= 11 is 0. The van der Waals surface area contributed by atoms with E-state index in [1.54, 1.807) is 0 Å². The molecule has 0 aliphatic carbocycles. The number of hydrogen-bond acceptors (Lipinski definition) is 5. The molecule has 5 nitrogen and oxygen atoms in total. The van der Waals surface area contributed by atoms with Gasteiger partial charge in [0.05, 0.1) is 0 Å². The topological polar surface area (TPSA) is 58.3 Å². The zero-order valence-electron chi connectivity index (χ0n) is 12.3. The van der Waals surface area contributed by atoms with Gasteiger partial charge in [-0.25, -0.2) is 9.97 Å². The normalized spacial score (nSPS) is 19.7. The van der Waals surface area contributed by atoms with Crippen molar-refractivity contribution in [2.75, 3.05) is 30.3 Å². The molecular formula is C16H21N5. The van der Waals surface area contributed by atoms with E-state index in [0.29, 0.717) is 11.9 Å². The van der Waals surface area contributed by atoms with Gasteiger partial charge in [0, 0.05) is 38.3 Å². The van der Waals surface area contributed by atoms with Gasteiger partial charge in [-0.15, -0.1) is 0 Å². The largest absolute Gasteiger partial charge is 0.384 e. The van der Waals surface area contributed by atoms with E-state index in [1.165, 1.54) is 11.9 Å². The van der Waals surface area contributed by atoms with Gasteiger partial charge in [0.1, 0.15) is 18.0 Å². The van der Waals surface area contributed by atoms with Gasteiger partial charge in [0.15, 0.2) is 0 Å². The molecular weight excluding hydrogens is 262 g/mol. The van der Waals surface area contributed by atoms with Crippen molar-refractivity contribution in [2.45, 2.75) is 19.5 Å². The van der Waals surface area contributed by atoms with Crippen molar-refractivity contribution in [2.24, 2.45) is 0 Å². The van der Waals surface area contributed by atoms with Crippen LogP contribution in [0.3, 0.4) is 0 Å². The molecule has 1 saturated heterocycles. The molecule has 0 saturated carbocycles. The molecule has 0 spiro atoms. The smallest absolute Gasteiger partial charge is 0.134 e. The number of rotatable bonds is 3. The van der Waals surface area contributed by atoms with Gasteiger partial charge in [-0.05, 0) is 12.5 Å². The highest BCUT2D eigenvalue weighted by Gasteiger charge is 2.24. The van der Waals surface area contributed by atoms with Crippen molar-refractivity contribution < 1.29 is 0 Å². The molecule has 1 fully saturated rings. The van der Waals surface area contributed by atoms with Crippen LogP contribution in [0.15, 0.2) is 42.7 Å². The predicted octanol–water partition coefficient (Wildman–Crippen LogP) is 1.77. The first-order chi connectivity index (χ1) is 10.2. The fourth-order valence-electron chi connectivity index (χ4n) is 2.79. The Balaban J connectivity index is 1.64. The number of nitrogens with zero attached hydrogens (tertiary/aromatic N) is 4. The van der Waals surface area contributed by atoms with Gasteiger partial charge in [-0.1, -0.05) is 30.3 Å². The van der Waals surface area contributed by atoms with Gasteiger partial charge in [0.2, 0.25) is 0 Å². The van der Waals surface area contributed by atoms with E-state index in [-0.39, 0.29) is 0 Å². The Hall–Kier alpha value is -2.14. The number of piperazine rings is 1. The molecule has 1 aliphatic heterocycles. The monoisotopic (exact) mass is 283 g/mol. The summed E-state index contributed by atoms with van der Waals surface area (Å²) in [5.41, 5.74) is 7.11. The summed E-state index contributed by atoms with van der Waals surface area (Å²) < 4.78 is 0. The average Bonchev–Trinajstić information content (AvgIpc) is 2.50. The van der Waals surface area contributed by atoms with Gasteiger partial charge >= 0.3 is 0 Å². The molecule has 2 heterocycles. The molecule has 2 aromatic rings. The molecule has 1 aromatic heterocycles. The number of benzene rings is 1. The fourth-order valence-corrected chi connectivity index (χ4v) is 2.79. The Kier molecular flexibility index (Phi) is 4.01. The van der Waals surface area contributed by atoms with Crippen LogP contribution in [-0.2, 0) is 6.54 Å². The van der Waals surface area contributed by atoms with Crippen molar-refractivity contribution in [3.63, 3.8) is 0 Å². The average molecular weight is 283 g/mol. The number of nitrogen functional groups attached to an aromatic ring is 1. The summed E-state index contributed by atoms with van der Waals surface area (Å²) in [6.45, 7) is 6.22. The Morgan fingerprint density at radius 1 is 1.19 bits per heavy atom. The Labute approximate surface area is 125 Å². The van der Waals surface area contributed by atoms with Gasteiger partial charge in [-0.3, -0.25) is 4.90 Å². The molecule has 2 N–H and O–H groups in total. The molecule has 1 atom stereocenters. The van der Waals surface area contributed by atoms with E-state index in [2.05, 4.69) is 57.0 Å². The Morgan fingerprint density at radius 3 is 2.71 bits per heavy atom. The maximum Gasteiger partial charge on any atom is 0.134 e. The summed E-state index contributed by atoms with van der Waals surface area (Å²) in [5.74, 6) is 1.45. The lowest BCUT2D eigenvalue weighted by molar-refractivity contribution is 0.180. The molecule has 0 bridgehead atoms. The van der Waals surface area contributed by atoms with E-state index in [4.69, 9.17) is 5.73 Å². The molecule has 110 valence electrons. The van der Waals surface area contributed by atoms with E-state index in [0.717, 1.165) is 32.0 Å². The molecule has 21 heavy (non-hydrogen) atoms. The number of anilines is 2. The molecule has 3 rings (SSSR count). The third kappa shape index (κ3) is 3.31. The quantitative estimate of drug-likeness (QED) is 0.930. The minimum absolute atomic E-state index is 0.482. The SMILES string of the molecule is CC1CN(c2cc(N)ncn2)CCN1Cc1ccccc1. The van der Waals surface area contributed by atoms with Crippen LogP contribution < -0.4 is 10.6 Å². The molecule has 1 aromatic carbocycles. The molecule has 0 radical (unpaired) electrons. The van der Waals surface area contributed by atoms with E-state index < -0.39 is 0 Å². The summed E-state index contributed by atoms with van der Waals surface area (Å²) in [6, 6.07) is 13.0. The maximum atomic E-state index is 5.74. The van der Waals surface area contributed by atoms with Crippen LogP contribution >= 0.6 is 0 Å². The summed E-state index contributed by atoms with van der Waals surface area (Å²) in [7, 11) is 0. The first-order valence-corrected chi connectivity index (χ1v) is 7.33. The second-order valence-electron chi connectivity index (χ2n) is 5.55. The maximum absolute atomic E-state index is 5.74. The molecule has 1 aliphatic rings. The first kappa shape index (κ1) is 13.8. The van der Waals surface area contributed by atoms with Crippen molar-refractivity contribution in [1.29, 1.82) is 0 Å². The third-order valence-electron chi connectivity index (χ3n) is 3.99. The van der Waals surface area contributed by atoms with E-state index in [1.807, 2.05) is 6.07 Å². The van der Waals surface area contributed by atoms with Crippen LogP contribution in [-0.4, -0.2) is 40.5 Å². The highest BCUT2D eigenvalue weighted by molar-refractivity contribution is 5.46. The Morgan fingerprint density at radius 2 is 2.00 bits per heavy atom. The summed E-state index contributed by atoms with van der Waals surface area (Å²) in [6.07, 6.45) is 1.53. The summed E-state index contributed by atoms with van der Waals surface area (Å²) in [5, 5.41) is 0. The molecule has 5 heteroatoms. The second-order valence-corrected chi connectivity index (χ2v) is 5.55. The highest BCUT2D eigenvalue weighted by Crippen LogP contribution is 2.19.